The highest BCUT2D eigenvalue weighted by Crippen LogP contribution is 2.20. The smallest absolute Gasteiger partial charge is 0.214 e. The fraction of sp³-hybridized carbons (Fsp3) is 0.250. The van der Waals surface area contributed by atoms with E-state index >= 15 is 0 Å². The maximum Gasteiger partial charge on any atom is 0.214 e. The van der Waals surface area contributed by atoms with Crippen LogP contribution in [0, 0.1) is 10.7 Å². The molecule has 0 saturated carbocycles. The summed E-state index contributed by atoms with van der Waals surface area (Å²) in [6.07, 6.45) is 0. The van der Waals surface area contributed by atoms with Crippen molar-refractivity contribution in [2.24, 2.45) is 0 Å². The van der Waals surface area contributed by atoms with E-state index in [4.69, 9.17) is 16.9 Å². The van der Waals surface area contributed by atoms with Crippen LogP contribution in [-0.4, -0.2) is 13.3 Å². The van der Waals surface area contributed by atoms with Crippen LogP contribution in [0.2, 0.25) is 5.15 Å². The molecule has 1 atom stereocenters. The maximum absolute atomic E-state index is 10.6. The van der Waals surface area contributed by atoms with Crippen LogP contribution in [0.1, 0.15) is 5.69 Å². The van der Waals surface area contributed by atoms with Crippen molar-refractivity contribution in [3.63, 3.8) is 0 Å². The molecule has 11 heavy (non-hydrogen) atoms. The summed E-state index contributed by atoms with van der Waals surface area (Å²) < 4.78 is 17.6. The highest BCUT2D eigenvalue weighted by atomic mass is 35.5. The average molecular weight is 208 g/mol. The molecule has 0 aliphatic heterocycles. The summed E-state index contributed by atoms with van der Waals surface area (Å²) in [6.45, 7) is 0. The molecular formula is C4H2ClN3OS2. The predicted octanol–water partition coefficient (Wildman–Crippen LogP) is 1.57. The van der Waals surface area contributed by atoms with Gasteiger partial charge in [-0.25, -0.2) is 0 Å². The summed E-state index contributed by atoms with van der Waals surface area (Å²) in [6, 6.07) is 0. The summed E-state index contributed by atoms with van der Waals surface area (Å²) in [4.78, 5) is 0. The average Bonchev–Trinajstić information content (AvgIpc) is 2.26. The molecule has 0 saturated heterocycles. The minimum absolute atomic E-state index is 0.145. The fourth-order valence-corrected chi connectivity index (χ4v) is 1.98. The zero-order valence-corrected chi connectivity index (χ0v) is 7.54. The van der Waals surface area contributed by atoms with Gasteiger partial charge >= 0.3 is 0 Å². The highest BCUT2D eigenvalue weighted by Gasteiger charge is 2.12. The molecule has 1 heterocycles. The molecule has 0 aromatic carbocycles. The van der Waals surface area contributed by atoms with Crippen molar-refractivity contribution in [2.75, 3.05) is 0 Å². The molecule has 0 aliphatic carbocycles. The zero-order chi connectivity index (χ0) is 8.27. The number of thioether (sulfide) groups is 1. The van der Waals surface area contributed by atoms with Crippen LogP contribution in [0.5, 0.6) is 0 Å². The number of hydrogen-bond acceptors (Lipinski definition) is 5. The van der Waals surface area contributed by atoms with Crippen molar-refractivity contribution in [3.05, 3.63) is 10.8 Å². The maximum atomic E-state index is 10.6. The van der Waals surface area contributed by atoms with E-state index in [0.717, 1.165) is 11.8 Å². The lowest BCUT2D eigenvalue weighted by Gasteiger charge is -1.81. The van der Waals surface area contributed by atoms with Gasteiger partial charge in [0.05, 0.1) is 5.75 Å². The lowest BCUT2D eigenvalue weighted by atomic mass is 10.6. The third-order valence-corrected chi connectivity index (χ3v) is 2.52. The fourth-order valence-electron chi connectivity index (χ4n) is 0.460. The summed E-state index contributed by atoms with van der Waals surface area (Å²) >= 11 is 4.93. The predicted molar refractivity (Wildman–Crippen MR) is 42.6 cm³/mol. The van der Waals surface area contributed by atoms with Crippen LogP contribution in [-0.2, 0) is 5.75 Å². The number of thiocyanates is 1. The Hall–Kier alpha value is -0.350. The molecule has 1 unspecified atom stereocenters. The number of hydrogen-bond donors (Lipinski definition) is 0. The van der Waals surface area contributed by atoms with Gasteiger partial charge in [-0.15, -0.1) is 0 Å². The van der Waals surface area contributed by atoms with Gasteiger partial charge in [0.1, 0.15) is 5.40 Å². The molecule has 0 N–H and O–H groups in total. The third kappa shape index (κ3) is 2.31. The summed E-state index contributed by atoms with van der Waals surface area (Å²) in [5.41, 5.74) is 0.427. The minimum Gasteiger partial charge on any atom is -0.546 e. The van der Waals surface area contributed by atoms with Crippen molar-refractivity contribution in [1.29, 1.82) is 5.26 Å². The Bertz CT molecular complexity index is 294. The molecular weight excluding hydrogens is 206 g/mol. The van der Waals surface area contributed by atoms with Crippen molar-refractivity contribution < 1.29 is 4.55 Å². The molecule has 0 radical (unpaired) electrons. The molecule has 0 fully saturated rings. The highest BCUT2D eigenvalue weighted by molar-refractivity contribution is 8.02. The van der Waals surface area contributed by atoms with Crippen LogP contribution in [0.25, 0.3) is 0 Å². The van der Waals surface area contributed by atoms with Crippen molar-refractivity contribution in [2.45, 2.75) is 5.75 Å². The second-order valence-corrected chi connectivity index (χ2v) is 3.48. The molecule has 0 spiro atoms. The quantitative estimate of drug-likeness (QED) is 0.544. The molecule has 1 aromatic rings. The van der Waals surface area contributed by atoms with Gasteiger partial charge in [0.15, 0.2) is 16.8 Å². The molecule has 0 aliphatic rings. The first-order valence-electron chi connectivity index (χ1n) is 2.49. The van der Waals surface area contributed by atoms with E-state index in [2.05, 4.69) is 8.75 Å². The second-order valence-electron chi connectivity index (χ2n) is 1.53. The van der Waals surface area contributed by atoms with Gasteiger partial charge in [0, 0.05) is 4.37 Å². The second kappa shape index (κ2) is 3.88. The van der Waals surface area contributed by atoms with Crippen LogP contribution < -0.4 is 0 Å². The van der Waals surface area contributed by atoms with E-state index in [-0.39, 0.29) is 5.15 Å². The topological polar surface area (TPSA) is 72.6 Å². The first-order chi connectivity index (χ1) is 5.24. The SMILES string of the molecule is N#CSCc1n[s+]([O-])nc1Cl. The Morgan fingerprint density at radius 3 is 2.91 bits per heavy atom. The van der Waals surface area contributed by atoms with Crippen LogP contribution in [0.3, 0.4) is 0 Å². The van der Waals surface area contributed by atoms with E-state index in [1.807, 2.05) is 5.40 Å². The molecule has 0 amide bonds. The largest absolute Gasteiger partial charge is 0.546 e. The van der Waals surface area contributed by atoms with Gasteiger partial charge in [-0.3, -0.25) is 0 Å². The van der Waals surface area contributed by atoms with Crippen molar-refractivity contribution >= 4 is 34.5 Å². The van der Waals surface area contributed by atoms with E-state index < -0.39 is 11.1 Å². The Labute approximate surface area is 75.3 Å². The molecule has 0 bridgehead atoms. The van der Waals surface area contributed by atoms with Crippen molar-refractivity contribution in [3.8, 4) is 5.40 Å². The van der Waals surface area contributed by atoms with Gasteiger partial charge < -0.3 is 4.55 Å². The molecule has 58 valence electrons. The molecule has 1 aromatic heterocycles. The number of nitrogens with zero attached hydrogens (tertiary/aromatic N) is 3. The number of nitriles is 1. The zero-order valence-electron chi connectivity index (χ0n) is 5.15. The van der Waals surface area contributed by atoms with Gasteiger partial charge in [0.2, 0.25) is 5.15 Å². The molecule has 1 rings (SSSR count). The summed E-state index contributed by atoms with van der Waals surface area (Å²) in [5, 5.41) is 10.2. The van der Waals surface area contributed by atoms with E-state index in [0.29, 0.717) is 11.4 Å². The standard InChI is InChI=1S/C4H2ClN3OS2/c5-4-3(1-10-2-6)7-11(9)8-4/h1H2. The number of halogens is 1. The minimum atomic E-state index is -1.57. The summed E-state index contributed by atoms with van der Waals surface area (Å²) in [7, 11) is 0. The monoisotopic (exact) mass is 207 g/mol. The van der Waals surface area contributed by atoms with Crippen molar-refractivity contribution in [1.82, 2.24) is 8.75 Å². The van der Waals surface area contributed by atoms with E-state index in [1.165, 1.54) is 0 Å². The van der Waals surface area contributed by atoms with Gasteiger partial charge in [-0.2, -0.15) is 5.26 Å². The summed E-state index contributed by atoms with van der Waals surface area (Å²) in [5.74, 6) is 0.338. The van der Waals surface area contributed by atoms with E-state index in [9.17, 15) is 4.55 Å². The Balaban J connectivity index is 2.71. The normalized spacial score (nSPS) is 11.2. The molecule has 7 heteroatoms. The lowest BCUT2D eigenvalue weighted by Crippen LogP contribution is -1.78. The number of rotatable bonds is 2. The first kappa shape index (κ1) is 8.74. The van der Waals surface area contributed by atoms with Crippen LogP contribution >= 0.6 is 34.5 Å². The Kier molecular flexibility index (Phi) is 3.08. The van der Waals surface area contributed by atoms with Gasteiger partial charge in [-0.05, 0) is 16.1 Å². The lowest BCUT2D eigenvalue weighted by molar-refractivity contribution is 0.584. The van der Waals surface area contributed by atoms with Gasteiger partial charge in [0.25, 0.3) is 0 Å². The Morgan fingerprint density at radius 1 is 1.73 bits per heavy atom. The van der Waals surface area contributed by atoms with Crippen LogP contribution in [0.15, 0.2) is 0 Å². The molecule has 4 nitrogen and oxygen atoms in total. The Morgan fingerprint density at radius 2 is 2.45 bits per heavy atom. The van der Waals surface area contributed by atoms with E-state index in [1.54, 1.807) is 0 Å². The number of aromatic nitrogens is 2. The first-order valence-corrected chi connectivity index (χ1v) is 4.92. The van der Waals surface area contributed by atoms with Gasteiger partial charge in [-0.1, -0.05) is 11.6 Å². The third-order valence-electron chi connectivity index (χ3n) is 0.858. The van der Waals surface area contributed by atoms with Crippen LogP contribution in [0.4, 0.5) is 0 Å².